The first kappa shape index (κ1) is 15.1. The second kappa shape index (κ2) is 5.87. The summed E-state index contributed by atoms with van der Waals surface area (Å²) >= 11 is 0. The standard InChI is InChI=1S/C18H19N3O3/c1-2-14-19-15-12-5-3-4-6-13(12)24-16(15)17(20-14)21-9-7-11(8-10-21)18(22)23/h3-6,11H,2,7-10H2,1H3,(H,22,23)/p+1. The van der Waals surface area contributed by atoms with Gasteiger partial charge in [-0.1, -0.05) is 19.1 Å². The summed E-state index contributed by atoms with van der Waals surface area (Å²) in [5, 5.41) is 10.2. The number of nitrogens with zero attached hydrogens (tertiary/aromatic N) is 2. The summed E-state index contributed by atoms with van der Waals surface area (Å²) in [6, 6.07) is 7.89. The van der Waals surface area contributed by atoms with E-state index in [1.54, 1.807) is 0 Å². The van der Waals surface area contributed by atoms with E-state index in [-0.39, 0.29) is 5.92 Å². The summed E-state index contributed by atoms with van der Waals surface area (Å²) < 4.78 is 6.05. The number of rotatable bonds is 3. The minimum atomic E-state index is -0.695. The molecule has 0 spiro atoms. The van der Waals surface area contributed by atoms with Crippen molar-refractivity contribution in [2.75, 3.05) is 13.1 Å². The van der Waals surface area contributed by atoms with Gasteiger partial charge in [-0.2, -0.15) is 4.98 Å². The number of carboxylic acids is 1. The van der Waals surface area contributed by atoms with E-state index >= 15 is 0 Å². The van der Waals surface area contributed by atoms with Gasteiger partial charge in [0.1, 0.15) is 16.9 Å². The Hall–Kier alpha value is -2.47. The highest BCUT2D eigenvalue weighted by atomic mass is 16.4. The van der Waals surface area contributed by atoms with E-state index in [9.17, 15) is 9.90 Å². The Morgan fingerprint density at radius 2 is 2.04 bits per heavy atom. The van der Waals surface area contributed by atoms with Crippen LogP contribution in [0.5, 0.6) is 0 Å². The van der Waals surface area contributed by atoms with Crippen LogP contribution in [0.15, 0.2) is 28.7 Å². The van der Waals surface area contributed by atoms with Crippen molar-refractivity contribution in [1.82, 2.24) is 9.97 Å². The van der Waals surface area contributed by atoms with Crippen LogP contribution in [0, 0.1) is 5.92 Å². The first-order valence-corrected chi connectivity index (χ1v) is 8.43. The van der Waals surface area contributed by atoms with Gasteiger partial charge >= 0.3 is 5.97 Å². The van der Waals surface area contributed by atoms with Gasteiger partial charge in [-0.25, -0.2) is 4.98 Å². The number of aliphatic carboxylic acids is 1. The maximum absolute atomic E-state index is 11.2. The van der Waals surface area contributed by atoms with Crippen LogP contribution in [0.1, 0.15) is 25.6 Å². The number of furan rings is 1. The van der Waals surface area contributed by atoms with E-state index in [2.05, 4.69) is 4.98 Å². The third-order valence-electron chi connectivity index (χ3n) is 4.86. The van der Waals surface area contributed by atoms with Gasteiger partial charge < -0.3 is 9.52 Å². The summed E-state index contributed by atoms with van der Waals surface area (Å²) in [6.45, 7) is 3.55. The molecule has 2 N–H and O–H groups in total. The lowest BCUT2D eigenvalue weighted by atomic mass is 9.97. The van der Waals surface area contributed by atoms with Crippen molar-refractivity contribution in [2.45, 2.75) is 26.2 Å². The number of benzene rings is 1. The number of fused-ring (bicyclic) bond motifs is 3. The number of carbonyl (C=O) groups is 1. The Kier molecular flexibility index (Phi) is 3.69. The topological polar surface area (TPSA) is 80.7 Å². The fraction of sp³-hybridized carbons (Fsp3) is 0.389. The van der Waals surface area contributed by atoms with Gasteiger partial charge in [0, 0.05) is 24.6 Å². The Balaban J connectivity index is 1.81. The van der Waals surface area contributed by atoms with E-state index in [0.29, 0.717) is 12.8 Å². The number of quaternary nitrogens is 1. The molecule has 1 aromatic carbocycles. The van der Waals surface area contributed by atoms with Crippen LogP contribution in [0.4, 0.5) is 5.82 Å². The van der Waals surface area contributed by atoms with Gasteiger partial charge in [0.25, 0.3) is 5.82 Å². The van der Waals surface area contributed by atoms with Crippen LogP contribution < -0.4 is 4.90 Å². The summed E-state index contributed by atoms with van der Waals surface area (Å²) in [4.78, 5) is 21.8. The van der Waals surface area contributed by atoms with E-state index in [0.717, 1.165) is 53.2 Å². The van der Waals surface area contributed by atoms with Crippen molar-refractivity contribution in [1.29, 1.82) is 0 Å². The van der Waals surface area contributed by atoms with Crippen molar-refractivity contribution < 1.29 is 19.2 Å². The van der Waals surface area contributed by atoms with Crippen molar-refractivity contribution >= 4 is 33.9 Å². The smallest absolute Gasteiger partial charge is 0.306 e. The third kappa shape index (κ3) is 2.43. The van der Waals surface area contributed by atoms with Crippen LogP contribution in [-0.2, 0) is 11.2 Å². The molecule has 6 heteroatoms. The van der Waals surface area contributed by atoms with Gasteiger partial charge in [0.15, 0.2) is 0 Å². The van der Waals surface area contributed by atoms with Gasteiger partial charge in [-0.3, -0.25) is 9.69 Å². The molecule has 1 fully saturated rings. The molecule has 0 bridgehead atoms. The predicted molar refractivity (Wildman–Crippen MR) is 89.4 cm³/mol. The number of nitrogens with one attached hydrogen (secondary N) is 1. The summed E-state index contributed by atoms with van der Waals surface area (Å²) in [6.07, 6.45) is 2.09. The fourth-order valence-electron chi connectivity index (χ4n) is 3.48. The molecule has 3 aromatic rings. The van der Waals surface area contributed by atoms with E-state index in [4.69, 9.17) is 9.40 Å². The zero-order valence-corrected chi connectivity index (χ0v) is 13.6. The fourth-order valence-corrected chi connectivity index (χ4v) is 3.48. The molecule has 6 nitrogen and oxygen atoms in total. The molecular formula is C18H20N3O3+. The zero-order valence-electron chi connectivity index (χ0n) is 13.6. The second-order valence-corrected chi connectivity index (χ2v) is 6.33. The first-order chi connectivity index (χ1) is 11.7. The number of aryl methyl sites for hydroxylation is 1. The lowest BCUT2D eigenvalue weighted by Crippen LogP contribution is -3.08. The Bertz CT molecular complexity index is 910. The minimum Gasteiger partial charge on any atom is -0.481 e. The Morgan fingerprint density at radius 3 is 2.75 bits per heavy atom. The summed E-state index contributed by atoms with van der Waals surface area (Å²) in [5.74, 6) is 0.737. The number of aromatic nitrogens is 2. The van der Waals surface area contributed by atoms with Crippen LogP contribution in [0.25, 0.3) is 22.1 Å². The van der Waals surface area contributed by atoms with Crippen molar-refractivity contribution in [2.24, 2.45) is 5.92 Å². The molecule has 1 aliphatic heterocycles. The lowest BCUT2D eigenvalue weighted by Gasteiger charge is -2.25. The molecule has 0 amide bonds. The Morgan fingerprint density at radius 1 is 1.29 bits per heavy atom. The number of hydrogen-bond acceptors (Lipinski definition) is 4. The highest BCUT2D eigenvalue weighted by molar-refractivity contribution is 6.04. The molecule has 124 valence electrons. The molecule has 0 atom stereocenters. The number of hydrogen-bond donors (Lipinski definition) is 2. The molecule has 24 heavy (non-hydrogen) atoms. The zero-order chi connectivity index (χ0) is 16.7. The highest BCUT2D eigenvalue weighted by Gasteiger charge is 2.31. The van der Waals surface area contributed by atoms with Crippen LogP contribution in [-0.4, -0.2) is 34.1 Å². The maximum atomic E-state index is 11.2. The average molecular weight is 326 g/mol. The van der Waals surface area contributed by atoms with Crippen LogP contribution in [0.3, 0.4) is 0 Å². The van der Waals surface area contributed by atoms with Crippen molar-refractivity contribution in [3.05, 3.63) is 30.1 Å². The van der Waals surface area contributed by atoms with E-state index in [1.807, 2.05) is 31.2 Å². The maximum Gasteiger partial charge on any atom is 0.306 e. The summed E-state index contributed by atoms with van der Waals surface area (Å²) in [7, 11) is 0. The third-order valence-corrected chi connectivity index (χ3v) is 4.86. The summed E-state index contributed by atoms with van der Waals surface area (Å²) in [5.41, 5.74) is 2.41. The molecule has 1 saturated heterocycles. The van der Waals surface area contributed by atoms with Gasteiger partial charge in [-0.05, 0) is 12.1 Å². The molecule has 0 aliphatic carbocycles. The van der Waals surface area contributed by atoms with Gasteiger partial charge in [0.2, 0.25) is 5.58 Å². The van der Waals surface area contributed by atoms with Gasteiger partial charge in [0.05, 0.1) is 19.0 Å². The first-order valence-electron chi connectivity index (χ1n) is 8.43. The number of para-hydroxylation sites is 1. The quantitative estimate of drug-likeness (QED) is 0.769. The Labute approximate surface area is 139 Å². The molecule has 1 aliphatic rings. The van der Waals surface area contributed by atoms with Crippen molar-refractivity contribution in [3.8, 4) is 0 Å². The number of piperidine rings is 1. The SMILES string of the molecule is CCc1nc([NH+]2CCC(C(=O)O)CC2)c2oc3ccccc3c2n1. The average Bonchev–Trinajstić information content (AvgIpc) is 2.99. The second-order valence-electron chi connectivity index (χ2n) is 6.33. The lowest BCUT2D eigenvalue weighted by molar-refractivity contribution is -0.841. The number of carboxylic acid groups (broad SMARTS) is 1. The van der Waals surface area contributed by atoms with Crippen LogP contribution in [0.2, 0.25) is 0 Å². The molecule has 0 unspecified atom stereocenters. The molecule has 3 heterocycles. The van der Waals surface area contributed by atoms with Crippen LogP contribution >= 0.6 is 0 Å². The molecule has 4 rings (SSSR count). The molecule has 0 radical (unpaired) electrons. The van der Waals surface area contributed by atoms with Crippen molar-refractivity contribution in [3.63, 3.8) is 0 Å². The molecule has 2 aromatic heterocycles. The minimum absolute atomic E-state index is 0.243. The molecular weight excluding hydrogens is 306 g/mol. The van der Waals surface area contributed by atoms with Gasteiger partial charge in [-0.15, -0.1) is 0 Å². The van der Waals surface area contributed by atoms with E-state index < -0.39 is 5.97 Å². The van der Waals surface area contributed by atoms with E-state index in [1.165, 1.54) is 4.90 Å². The largest absolute Gasteiger partial charge is 0.481 e. The predicted octanol–water partition coefficient (Wildman–Crippen LogP) is 1.95. The normalized spacial score (nSPS) is 21.4. The molecule has 0 saturated carbocycles. The highest BCUT2D eigenvalue weighted by Crippen LogP contribution is 2.30. The monoisotopic (exact) mass is 326 g/mol.